The lowest BCUT2D eigenvalue weighted by Gasteiger charge is -2.51. The summed E-state index contributed by atoms with van der Waals surface area (Å²) in [6, 6.07) is 0. The molecule has 0 aromatic carbocycles. The molecule has 5 N–H and O–H groups in total. The van der Waals surface area contributed by atoms with Gasteiger partial charge in [-0.3, -0.25) is 9.59 Å². The zero-order valence-electron chi connectivity index (χ0n) is 14.3. The van der Waals surface area contributed by atoms with Crippen molar-refractivity contribution in [1.29, 1.82) is 0 Å². The normalized spacial score (nSPS) is 41.7. The topological polar surface area (TPSA) is 138 Å². The van der Waals surface area contributed by atoms with E-state index in [1.165, 1.54) is 0 Å². The molecular formula is C15H23N3O7. The van der Waals surface area contributed by atoms with Gasteiger partial charge in [0.2, 0.25) is 5.66 Å². The van der Waals surface area contributed by atoms with E-state index in [2.05, 4.69) is 17.2 Å². The first-order valence-corrected chi connectivity index (χ1v) is 7.92. The van der Waals surface area contributed by atoms with E-state index < -0.39 is 40.7 Å². The number of hydroxylamine groups is 1. The highest BCUT2D eigenvalue weighted by Gasteiger charge is 2.65. The number of carbonyl (C=O) groups excluding carboxylic acids is 2. The van der Waals surface area contributed by atoms with Crippen LogP contribution in [0.15, 0.2) is 12.2 Å². The van der Waals surface area contributed by atoms with E-state index >= 15 is 0 Å². The first kappa shape index (κ1) is 18.2. The number of carbonyl (C=O) groups is 2. The van der Waals surface area contributed by atoms with Crippen LogP contribution in [0.4, 0.5) is 0 Å². The highest BCUT2D eigenvalue weighted by molar-refractivity contribution is 6.03. The molecule has 4 heterocycles. The molecule has 10 nitrogen and oxygen atoms in total. The molecule has 4 aliphatic rings. The fraction of sp³-hybridized carbons (Fsp3) is 0.733. The van der Waals surface area contributed by atoms with Crippen molar-refractivity contribution in [1.82, 2.24) is 16.1 Å². The first-order chi connectivity index (χ1) is 11.5. The van der Waals surface area contributed by atoms with Gasteiger partial charge in [0, 0.05) is 0 Å². The van der Waals surface area contributed by atoms with Gasteiger partial charge in [0.05, 0.1) is 13.2 Å². The van der Waals surface area contributed by atoms with Crippen LogP contribution in [0.1, 0.15) is 27.2 Å². The van der Waals surface area contributed by atoms with Crippen molar-refractivity contribution in [3.63, 3.8) is 0 Å². The Morgan fingerprint density at radius 2 is 1.88 bits per heavy atom. The van der Waals surface area contributed by atoms with Gasteiger partial charge in [0.1, 0.15) is 11.7 Å². The van der Waals surface area contributed by atoms with Gasteiger partial charge in [-0.25, -0.2) is 0 Å². The van der Waals surface area contributed by atoms with Crippen molar-refractivity contribution in [3.05, 3.63) is 12.2 Å². The quantitative estimate of drug-likeness (QED) is 0.303. The van der Waals surface area contributed by atoms with Crippen molar-refractivity contribution in [2.45, 2.75) is 56.1 Å². The summed E-state index contributed by atoms with van der Waals surface area (Å²) in [7, 11) is 0. The van der Waals surface area contributed by atoms with E-state index in [1.807, 2.05) is 5.48 Å². The molecule has 0 spiro atoms. The third-order valence-electron chi connectivity index (χ3n) is 4.86. The Morgan fingerprint density at radius 3 is 2.44 bits per heavy atom. The van der Waals surface area contributed by atoms with Crippen LogP contribution in [0.2, 0.25) is 0 Å². The number of piperazine rings is 1. The van der Waals surface area contributed by atoms with Crippen LogP contribution in [0.5, 0.6) is 0 Å². The van der Waals surface area contributed by atoms with Crippen LogP contribution in [-0.2, 0) is 23.8 Å². The second-order valence-corrected chi connectivity index (χ2v) is 7.21. The Balaban J connectivity index is 1.99. The smallest absolute Gasteiger partial charge is 0.278 e. The van der Waals surface area contributed by atoms with Gasteiger partial charge in [0.15, 0.2) is 5.79 Å². The average Bonchev–Trinajstić information content (AvgIpc) is 2.82. The van der Waals surface area contributed by atoms with Crippen LogP contribution in [0.3, 0.4) is 0 Å². The first-order valence-electron chi connectivity index (χ1n) is 7.92. The Kier molecular flexibility index (Phi) is 3.99. The number of hydrogen-bond donors (Lipinski definition) is 5. The second-order valence-electron chi connectivity index (χ2n) is 7.21. The van der Waals surface area contributed by atoms with Gasteiger partial charge >= 0.3 is 0 Å². The average molecular weight is 357 g/mol. The van der Waals surface area contributed by atoms with Crippen LogP contribution in [0.25, 0.3) is 0 Å². The fourth-order valence-corrected chi connectivity index (χ4v) is 3.44. The van der Waals surface area contributed by atoms with Gasteiger partial charge in [0.25, 0.3) is 17.5 Å². The molecule has 140 valence electrons. The van der Waals surface area contributed by atoms with Crippen molar-refractivity contribution < 1.29 is 34.1 Å². The monoisotopic (exact) mass is 357 g/mol. The maximum absolute atomic E-state index is 12.8. The molecule has 4 atom stereocenters. The van der Waals surface area contributed by atoms with Crippen LogP contribution in [-0.4, -0.2) is 64.2 Å². The minimum atomic E-state index is -2.09. The van der Waals surface area contributed by atoms with Crippen molar-refractivity contribution >= 4 is 11.8 Å². The van der Waals surface area contributed by atoms with Gasteiger partial charge in [-0.15, -0.1) is 0 Å². The summed E-state index contributed by atoms with van der Waals surface area (Å²) in [5, 5.41) is 25.2. The maximum atomic E-state index is 12.8. The highest BCUT2D eigenvalue weighted by Crippen LogP contribution is 2.39. The number of nitrogens with one attached hydrogen (secondary N) is 3. The minimum Gasteiger partial charge on any atom is -0.384 e. The molecule has 2 bridgehead atoms. The molecule has 0 saturated carbocycles. The molecule has 2 amide bonds. The fourth-order valence-electron chi connectivity index (χ4n) is 3.44. The molecule has 0 aliphatic carbocycles. The third-order valence-corrected chi connectivity index (χ3v) is 4.86. The number of fused-ring (bicyclic) bond motifs is 5. The predicted molar refractivity (Wildman–Crippen MR) is 81.9 cm³/mol. The molecule has 0 aromatic rings. The van der Waals surface area contributed by atoms with Crippen molar-refractivity contribution in [3.8, 4) is 0 Å². The number of aliphatic hydroxyl groups is 1. The minimum absolute atomic E-state index is 0.00659. The zero-order chi connectivity index (χ0) is 18.7. The Morgan fingerprint density at radius 1 is 1.20 bits per heavy atom. The van der Waals surface area contributed by atoms with Crippen molar-refractivity contribution in [2.75, 3.05) is 13.2 Å². The standard InChI is InChI=1S/C15H23N3O7/c1-8-5-6-23-15(9(19)13(4)7-24-12(2,3)25-13)11(21)16-14(8,18-22)10(20)17-15/h9,18-19,22H,1,5-7H2,2-4H3,(H,16,21)(H,17,20)/t9-,13+,14+,15-/m0/s1. The largest absolute Gasteiger partial charge is 0.384 e. The summed E-state index contributed by atoms with van der Waals surface area (Å²) in [4.78, 5) is 25.4. The molecule has 4 aliphatic heterocycles. The molecular weight excluding hydrogens is 334 g/mol. The molecule has 10 heteroatoms. The summed E-state index contributed by atoms with van der Waals surface area (Å²) in [6.45, 7) is 8.61. The van der Waals surface area contributed by atoms with Gasteiger partial charge in [-0.1, -0.05) is 6.58 Å². The van der Waals surface area contributed by atoms with Crippen LogP contribution >= 0.6 is 0 Å². The van der Waals surface area contributed by atoms with Gasteiger partial charge in [-0.05, 0) is 32.8 Å². The molecule has 0 unspecified atom stereocenters. The lowest BCUT2D eigenvalue weighted by atomic mass is 9.84. The Bertz CT molecular complexity index is 639. The highest BCUT2D eigenvalue weighted by atomic mass is 16.8. The Hall–Kier alpha value is -1.56. The van der Waals surface area contributed by atoms with Gasteiger partial charge < -0.3 is 35.2 Å². The number of amides is 2. The molecule has 4 rings (SSSR count). The van der Waals surface area contributed by atoms with Gasteiger partial charge in [-0.2, -0.15) is 5.48 Å². The third kappa shape index (κ3) is 2.48. The van der Waals surface area contributed by atoms with E-state index in [9.17, 15) is 19.9 Å². The van der Waals surface area contributed by atoms with E-state index in [-0.39, 0.29) is 25.2 Å². The van der Waals surface area contributed by atoms with Crippen molar-refractivity contribution in [2.24, 2.45) is 0 Å². The number of ether oxygens (including phenoxy) is 3. The van der Waals surface area contributed by atoms with E-state index in [0.717, 1.165) is 0 Å². The summed E-state index contributed by atoms with van der Waals surface area (Å²) in [5.74, 6) is -2.61. The Labute approximate surface area is 144 Å². The molecule has 0 radical (unpaired) electrons. The summed E-state index contributed by atoms with van der Waals surface area (Å²) >= 11 is 0. The van der Waals surface area contributed by atoms with Crippen LogP contribution < -0.4 is 16.1 Å². The molecule has 25 heavy (non-hydrogen) atoms. The second kappa shape index (κ2) is 5.47. The number of aliphatic hydroxyl groups excluding tert-OH is 1. The molecule has 4 fully saturated rings. The summed E-state index contributed by atoms with van der Waals surface area (Å²) in [5.41, 5.74) is -3.24. The predicted octanol–water partition coefficient (Wildman–Crippen LogP) is -1.52. The summed E-state index contributed by atoms with van der Waals surface area (Å²) in [6.07, 6.45) is -1.40. The molecule has 4 saturated heterocycles. The van der Waals surface area contributed by atoms with E-state index in [1.54, 1.807) is 20.8 Å². The number of rotatable bonds is 3. The maximum Gasteiger partial charge on any atom is 0.278 e. The van der Waals surface area contributed by atoms with E-state index in [0.29, 0.717) is 0 Å². The molecule has 0 aromatic heterocycles. The zero-order valence-corrected chi connectivity index (χ0v) is 14.3. The SMILES string of the molecule is C=C1CCO[C@]2([C@@H](O)[C@@]3(C)COC(C)(C)O3)NC(=O)[C@@]1(NO)NC2=O. The number of hydrogen-bond acceptors (Lipinski definition) is 8. The lowest BCUT2D eigenvalue weighted by molar-refractivity contribution is -0.237. The van der Waals surface area contributed by atoms with E-state index in [4.69, 9.17) is 14.2 Å². The summed E-state index contributed by atoms with van der Waals surface area (Å²) < 4.78 is 16.9. The lowest BCUT2D eigenvalue weighted by Crippen LogP contribution is -2.85. The van der Waals surface area contributed by atoms with Crippen LogP contribution in [0, 0.1) is 0 Å².